The minimum atomic E-state index is -4.59. The molecule has 100 valence electrons. The van der Waals surface area contributed by atoms with Gasteiger partial charge in [0.05, 0.1) is 26.9 Å². The lowest BCUT2D eigenvalue weighted by molar-refractivity contribution is -0.137. The van der Waals surface area contributed by atoms with E-state index in [1.54, 1.807) is 0 Å². The average molecular weight is 264 g/mol. The summed E-state index contributed by atoms with van der Waals surface area (Å²) in [6.45, 7) is 0. The van der Waals surface area contributed by atoms with Gasteiger partial charge in [0.2, 0.25) is 0 Å². The molecule has 0 saturated carbocycles. The number of halogens is 3. The van der Waals surface area contributed by atoms with Crippen molar-refractivity contribution in [2.75, 3.05) is 21.3 Å². The highest BCUT2D eigenvalue weighted by molar-refractivity contribution is 5.93. The highest BCUT2D eigenvalue weighted by Gasteiger charge is 2.34. The van der Waals surface area contributed by atoms with Crippen LogP contribution in [0.2, 0.25) is 0 Å². The van der Waals surface area contributed by atoms with Gasteiger partial charge in [0.25, 0.3) is 0 Å². The SMILES string of the molecule is COC(=O)c1cc(C(F)(F)F)cc(OC)c1OC. The maximum absolute atomic E-state index is 12.6. The van der Waals surface area contributed by atoms with Crippen LogP contribution in [0, 0.1) is 0 Å². The molecule has 0 fully saturated rings. The highest BCUT2D eigenvalue weighted by atomic mass is 19.4. The van der Waals surface area contributed by atoms with Crippen molar-refractivity contribution in [3.05, 3.63) is 23.3 Å². The molecular weight excluding hydrogens is 253 g/mol. The van der Waals surface area contributed by atoms with Gasteiger partial charge in [-0.1, -0.05) is 0 Å². The van der Waals surface area contributed by atoms with E-state index in [2.05, 4.69) is 4.74 Å². The first-order valence-corrected chi connectivity index (χ1v) is 4.76. The molecule has 0 aliphatic heterocycles. The van der Waals surface area contributed by atoms with Crippen LogP contribution in [0.25, 0.3) is 0 Å². The summed E-state index contributed by atoms with van der Waals surface area (Å²) in [7, 11) is 3.46. The second kappa shape index (κ2) is 5.16. The topological polar surface area (TPSA) is 44.8 Å². The largest absolute Gasteiger partial charge is 0.493 e. The van der Waals surface area contributed by atoms with E-state index in [0.717, 1.165) is 13.2 Å². The normalized spacial score (nSPS) is 11.0. The standard InChI is InChI=1S/C11H11F3O4/c1-16-8-5-6(11(12,13)14)4-7(9(8)17-2)10(15)18-3/h4-5H,1-3H3. The molecule has 0 amide bonds. The molecule has 0 radical (unpaired) electrons. The highest BCUT2D eigenvalue weighted by Crippen LogP contribution is 2.39. The second-order valence-corrected chi connectivity index (χ2v) is 3.25. The summed E-state index contributed by atoms with van der Waals surface area (Å²) >= 11 is 0. The summed E-state index contributed by atoms with van der Waals surface area (Å²) in [6.07, 6.45) is -4.59. The lowest BCUT2D eigenvalue weighted by Gasteiger charge is -2.15. The fraction of sp³-hybridized carbons (Fsp3) is 0.364. The van der Waals surface area contributed by atoms with Crippen LogP contribution < -0.4 is 9.47 Å². The van der Waals surface area contributed by atoms with E-state index in [4.69, 9.17) is 9.47 Å². The Balaban J connectivity index is 3.50. The van der Waals surface area contributed by atoms with E-state index in [-0.39, 0.29) is 17.1 Å². The van der Waals surface area contributed by atoms with Gasteiger partial charge in [-0.2, -0.15) is 13.2 Å². The first-order valence-electron chi connectivity index (χ1n) is 4.76. The van der Waals surface area contributed by atoms with Crippen molar-refractivity contribution in [2.24, 2.45) is 0 Å². The van der Waals surface area contributed by atoms with Crippen LogP contribution in [0.15, 0.2) is 12.1 Å². The first-order chi connectivity index (χ1) is 8.35. The van der Waals surface area contributed by atoms with E-state index in [1.165, 1.54) is 14.2 Å². The maximum Gasteiger partial charge on any atom is 0.416 e. The van der Waals surface area contributed by atoms with Gasteiger partial charge in [-0.25, -0.2) is 4.79 Å². The summed E-state index contributed by atoms with van der Waals surface area (Å²) in [6, 6.07) is 1.42. The van der Waals surface area contributed by atoms with Crippen molar-refractivity contribution in [2.45, 2.75) is 6.18 Å². The number of hydrogen-bond acceptors (Lipinski definition) is 4. The quantitative estimate of drug-likeness (QED) is 0.787. The predicted octanol–water partition coefficient (Wildman–Crippen LogP) is 2.51. The smallest absolute Gasteiger partial charge is 0.416 e. The van der Waals surface area contributed by atoms with Gasteiger partial charge in [0.1, 0.15) is 5.56 Å². The molecule has 0 aromatic heterocycles. The molecule has 1 rings (SSSR count). The molecule has 0 aliphatic carbocycles. The fourth-order valence-corrected chi connectivity index (χ4v) is 1.39. The van der Waals surface area contributed by atoms with Crippen molar-refractivity contribution in [1.29, 1.82) is 0 Å². The Labute approximate surface area is 101 Å². The van der Waals surface area contributed by atoms with Crippen LogP contribution in [0.3, 0.4) is 0 Å². The number of benzene rings is 1. The number of esters is 1. The van der Waals surface area contributed by atoms with Crippen LogP contribution in [-0.4, -0.2) is 27.3 Å². The molecule has 1 aromatic carbocycles. The number of alkyl halides is 3. The van der Waals surface area contributed by atoms with Crippen LogP contribution in [0.5, 0.6) is 11.5 Å². The van der Waals surface area contributed by atoms with Gasteiger partial charge < -0.3 is 14.2 Å². The fourth-order valence-electron chi connectivity index (χ4n) is 1.39. The van der Waals surface area contributed by atoms with Crippen LogP contribution in [0.4, 0.5) is 13.2 Å². The molecule has 0 heterocycles. The third-order valence-electron chi connectivity index (χ3n) is 2.21. The van der Waals surface area contributed by atoms with Crippen molar-refractivity contribution in [3.63, 3.8) is 0 Å². The van der Waals surface area contributed by atoms with Crippen LogP contribution in [0.1, 0.15) is 15.9 Å². The summed E-state index contributed by atoms with van der Waals surface area (Å²) in [5.74, 6) is -1.22. The molecule has 0 bridgehead atoms. The number of ether oxygens (including phenoxy) is 3. The van der Waals surface area contributed by atoms with E-state index in [1.807, 2.05) is 0 Å². The molecule has 1 aromatic rings. The predicted molar refractivity (Wildman–Crippen MR) is 55.9 cm³/mol. The minimum Gasteiger partial charge on any atom is -0.493 e. The molecule has 0 unspecified atom stereocenters. The Bertz CT molecular complexity index is 454. The van der Waals surface area contributed by atoms with Crippen molar-refractivity contribution in [3.8, 4) is 11.5 Å². The Morgan fingerprint density at radius 1 is 1.11 bits per heavy atom. The Kier molecular flexibility index (Phi) is 4.05. The molecule has 0 aliphatic rings. The zero-order valence-electron chi connectivity index (χ0n) is 9.92. The molecule has 0 N–H and O–H groups in total. The lowest BCUT2D eigenvalue weighted by Crippen LogP contribution is -2.11. The molecule has 0 spiro atoms. The summed E-state index contributed by atoms with van der Waals surface area (Å²) < 4.78 is 52.0. The molecule has 18 heavy (non-hydrogen) atoms. The van der Waals surface area contributed by atoms with Gasteiger partial charge in [-0.3, -0.25) is 0 Å². The van der Waals surface area contributed by atoms with Gasteiger partial charge in [-0.05, 0) is 12.1 Å². The third kappa shape index (κ3) is 2.66. The number of carbonyl (C=O) groups excluding carboxylic acids is 1. The van der Waals surface area contributed by atoms with E-state index in [9.17, 15) is 18.0 Å². The zero-order chi connectivity index (χ0) is 13.9. The molecule has 4 nitrogen and oxygen atoms in total. The summed E-state index contributed by atoms with van der Waals surface area (Å²) in [5.41, 5.74) is -1.35. The lowest BCUT2D eigenvalue weighted by atomic mass is 10.1. The van der Waals surface area contributed by atoms with Crippen LogP contribution in [-0.2, 0) is 10.9 Å². The second-order valence-electron chi connectivity index (χ2n) is 3.25. The molecular formula is C11H11F3O4. The molecule has 0 atom stereocenters. The Morgan fingerprint density at radius 2 is 1.72 bits per heavy atom. The monoisotopic (exact) mass is 264 g/mol. The van der Waals surface area contributed by atoms with Gasteiger partial charge >= 0.3 is 12.1 Å². The number of rotatable bonds is 3. The molecule has 0 saturated heterocycles. The van der Waals surface area contributed by atoms with E-state index >= 15 is 0 Å². The number of hydrogen-bond donors (Lipinski definition) is 0. The minimum absolute atomic E-state index is 0.0997. The van der Waals surface area contributed by atoms with Gasteiger partial charge in [-0.15, -0.1) is 0 Å². The van der Waals surface area contributed by atoms with Gasteiger partial charge in [0.15, 0.2) is 11.5 Å². The van der Waals surface area contributed by atoms with E-state index < -0.39 is 17.7 Å². The third-order valence-corrected chi connectivity index (χ3v) is 2.21. The summed E-state index contributed by atoms with van der Waals surface area (Å²) in [4.78, 5) is 11.4. The number of methoxy groups -OCH3 is 3. The Morgan fingerprint density at radius 3 is 2.11 bits per heavy atom. The molecule has 7 heteroatoms. The van der Waals surface area contributed by atoms with Crippen molar-refractivity contribution < 1.29 is 32.2 Å². The maximum atomic E-state index is 12.6. The first kappa shape index (κ1) is 14.1. The average Bonchev–Trinajstić information content (AvgIpc) is 2.34. The zero-order valence-corrected chi connectivity index (χ0v) is 9.92. The van der Waals surface area contributed by atoms with Gasteiger partial charge in [0, 0.05) is 0 Å². The van der Waals surface area contributed by atoms with Crippen LogP contribution >= 0.6 is 0 Å². The van der Waals surface area contributed by atoms with E-state index in [0.29, 0.717) is 6.07 Å². The van der Waals surface area contributed by atoms with Crippen molar-refractivity contribution in [1.82, 2.24) is 0 Å². The van der Waals surface area contributed by atoms with Crippen molar-refractivity contribution >= 4 is 5.97 Å². The number of carbonyl (C=O) groups is 1. The Hall–Kier alpha value is -1.92. The summed E-state index contributed by atoms with van der Waals surface area (Å²) in [5, 5.41) is 0.